The predicted octanol–water partition coefficient (Wildman–Crippen LogP) is 2.49. The molecule has 0 saturated heterocycles. The van der Waals surface area contributed by atoms with Crippen LogP contribution in [0.25, 0.3) is 0 Å². The van der Waals surface area contributed by atoms with Gasteiger partial charge in [-0.15, -0.1) is 0 Å². The van der Waals surface area contributed by atoms with Gasteiger partial charge < -0.3 is 0 Å². The van der Waals surface area contributed by atoms with Crippen LogP contribution in [0.3, 0.4) is 0 Å². The highest BCUT2D eigenvalue weighted by Crippen LogP contribution is 2.07. The molecule has 0 amide bonds. The van der Waals surface area contributed by atoms with E-state index in [9.17, 15) is 14.9 Å². The molecule has 4 heteroatoms. The fraction of sp³-hybridized carbons (Fsp3) is 0.900. The quantitative estimate of drug-likeness (QED) is 0.309. The molecule has 0 aromatic carbocycles. The second-order valence-electron chi connectivity index (χ2n) is 3.43. The van der Waals surface area contributed by atoms with Crippen LogP contribution >= 0.6 is 0 Å². The summed E-state index contributed by atoms with van der Waals surface area (Å²) in [6.07, 6.45) is 9.36. The van der Waals surface area contributed by atoms with E-state index < -0.39 is 0 Å². The summed E-state index contributed by atoms with van der Waals surface area (Å²) in [6, 6.07) is 0. The van der Waals surface area contributed by atoms with E-state index in [2.05, 4.69) is 0 Å². The van der Waals surface area contributed by atoms with Gasteiger partial charge in [0.2, 0.25) is 6.54 Å². The molecule has 0 aliphatic rings. The number of nitro groups is 1. The summed E-state index contributed by atoms with van der Waals surface area (Å²) in [7, 11) is 0. The fourth-order valence-corrected chi connectivity index (χ4v) is 1.32. The van der Waals surface area contributed by atoms with Crippen molar-refractivity contribution in [3.8, 4) is 0 Å². The number of hydrogen-bond acceptors (Lipinski definition) is 3. The van der Waals surface area contributed by atoms with Crippen LogP contribution in [-0.4, -0.2) is 17.8 Å². The lowest BCUT2D eigenvalue weighted by atomic mass is 10.1. The van der Waals surface area contributed by atoms with E-state index in [4.69, 9.17) is 0 Å². The smallest absolute Gasteiger partial charge is 0.203 e. The maximum atomic E-state index is 9.98. The molecule has 0 unspecified atom stereocenters. The van der Waals surface area contributed by atoms with Crippen LogP contribution < -0.4 is 0 Å². The third-order valence-corrected chi connectivity index (χ3v) is 2.12. The second kappa shape index (κ2) is 10.2. The van der Waals surface area contributed by atoms with Crippen molar-refractivity contribution in [2.45, 2.75) is 51.4 Å². The minimum atomic E-state index is -0.264. The predicted molar refractivity (Wildman–Crippen MR) is 54.5 cm³/mol. The molecule has 0 fully saturated rings. The van der Waals surface area contributed by atoms with Crippen molar-refractivity contribution >= 4 is 6.29 Å². The van der Waals surface area contributed by atoms with Crippen molar-refractivity contribution in [3.63, 3.8) is 0 Å². The number of hydrogen-bond donors (Lipinski definition) is 0. The first-order valence-corrected chi connectivity index (χ1v) is 5.24. The first-order valence-electron chi connectivity index (χ1n) is 5.24. The van der Waals surface area contributed by atoms with Gasteiger partial charge in [-0.25, -0.2) is 0 Å². The van der Waals surface area contributed by atoms with Crippen molar-refractivity contribution in [2.24, 2.45) is 0 Å². The Bertz CT molecular complexity index is 159. The van der Waals surface area contributed by atoms with E-state index >= 15 is 0 Å². The highest BCUT2D eigenvalue weighted by atomic mass is 16.6. The standard InChI is InChI=1S/C10H18NO3/c12-10-8-6-4-2-1-3-5-7-9-11(13)14/h1-9H2. The molecule has 81 valence electrons. The van der Waals surface area contributed by atoms with Gasteiger partial charge in [-0.2, -0.15) is 0 Å². The van der Waals surface area contributed by atoms with Gasteiger partial charge in [-0.3, -0.25) is 14.9 Å². The molecule has 1 radical (unpaired) electrons. The third-order valence-electron chi connectivity index (χ3n) is 2.12. The summed E-state index contributed by atoms with van der Waals surface area (Å²) in [5, 5.41) is 9.98. The Labute approximate surface area is 84.8 Å². The summed E-state index contributed by atoms with van der Waals surface area (Å²) < 4.78 is 0. The van der Waals surface area contributed by atoms with Gasteiger partial charge in [-0.1, -0.05) is 25.7 Å². The van der Waals surface area contributed by atoms with Crippen LogP contribution in [0.5, 0.6) is 0 Å². The Balaban J connectivity index is 2.92. The highest BCUT2D eigenvalue weighted by molar-refractivity contribution is 5.50. The van der Waals surface area contributed by atoms with E-state index in [0.29, 0.717) is 12.8 Å². The van der Waals surface area contributed by atoms with E-state index in [0.717, 1.165) is 38.5 Å². The van der Waals surface area contributed by atoms with E-state index in [1.165, 1.54) is 0 Å². The van der Waals surface area contributed by atoms with Crippen molar-refractivity contribution in [2.75, 3.05) is 6.54 Å². The van der Waals surface area contributed by atoms with Crippen LogP contribution in [0.15, 0.2) is 0 Å². The molecule has 0 saturated carbocycles. The Morgan fingerprint density at radius 1 is 0.929 bits per heavy atom. The van der Waals surface area contributed by atoms with Crippen molar-refractivity contribution in [3.05, 3.63) is 10.1 Å². The maximum Gasteiger partial charge on any atom is 0.203 e. The Kier molecular flexibility index (Phi) is 9.48. The van der Waals surface area contributed by atoms with Gasteiger partial charge in [0.15, 0.2) is 6.29 Å². The highest BCUT2D eigenvalue weighted by Gasteiger charge is 1.96. The summed E-state index contributed by atoms with van der Waals surface area (Å²) >= 11 is 0. The van der Waals surface area contributed by atoms with Crippen LogP contribution in [0.4, 0.5) is 0 Å². The van der Waals surface area contributed by atoms with E-state index in [1.54, 1.807) is 0 Å². The molecule has 14 heavy (non-hydrogen) atoms. The number of rotatable bonds is 10. The number of carbonyl (C=O) groups excluding carboxylic acids is 1. The monoisotopic (exact) mass is 200 g/mol. The van der Waals surface area contributed by atoms with Crippen LogP contribution in [-0.2, 0) is 4.79 Å². The zero-order valence-corrected chi connectivity index (χ0v) is 8.54. The van der Waals surface area contributed by atoms with Crippen LogP contribution in [0.1, 0.15) is 51.4 Å². The van der Waals surface area contributed by atoms with Crippen LogP contribution in [0.2, 0.25) is 0 Å². The average Bonchev–Trinajstić information content (AvgIpc) is 2.15. The molecule has 0 aromatic heterocycles. The van der Waals surface area contributed by atoms with Crippen molar-refractivity contribution in [1.29, 1.82) is 0 Å². The Morgan fingerprint density at radius 2 is 1.43 bits per heavy atom. The molecule has 0 heterocycles. The van der Waals surface area contributed by atoms with Crippen LogP contribution in [0, 0.1) is 10.1 Å². The molecule has 0 atom stereocenters. The number of nitrogens with zero attached hydrogens (tertiary/aromatic N) is 1. The van der Waals surface area contributed by atoms with Gasteiger partial charge in [0, 0.05) is 17.8 Å². The maximum absolute atomic E-state index is 9.98. The number of unbranched alkanes of at least 4 members (excludes halogenated alkanes) is 7. The molecule has 0 spiro atoms. The minimum absolute atomic E-state index is 0.0973. The zero-order valence-electron chi connectivity index (χ0n) is 8.54. The van der Waals surface area contributed by atoms with Gasteiger partial charge in [0.05, 0.1) is 0 Å². The Morgan fingerprint density at radius 3 is 1.93 bits per heavy atom. The van der Waals surface area contributed by atoms with E-state index in [-0.39, 0.29) is 11.5 Å². The molecule has 0 aromatic rings. The lowest BCUT2D eigenvalue weighted by Gasteiger charge is -1.98. The molecule has 0 bridgehead atoms. The molecular formula is C10H18NO3. The third kappa shape index (κ3) is 11.1. The van der Waals surface area contributed by atoms with Gasteiger partial charge >= 0.3 is 0 Å². The molecule has 0 N–H and O–H groups in total. The summed E-state index contributed by atoms with van der Waals surface area (Å²) in [6.45, 7) is 0.0973. The average molecular weight is 200 g/mol. The molecule has 0 rings (SSSR count). The lowest BCUT2D eigenvalue weighted by Crippen LogP contribution is -1.99. The zero-order chi connectivity index (χ0) is 10.6. The SMILES string of the molecule is O=[C]CCCCCCCCC[N+](=O)[O-]. The topological polar surface area (TPSA) is 60.2 Å². The normalized spacial score (nSPS) is 10.0. The first kappa shape index (κ1) is 13.1. The molecular weight excluding hydrogens is 182 g/mol. The minimum Gasteiger partial charge on any atom is -0.291 e. The second-order valence-corrected chi connectivity index (χ2v) is 3.43. The summed E-state index contributed by atoms with van der Waals surface area (Å²) in [4.78, 5) is 19.6. The van der Waals surface area contributed by atoms with Crippen molar-refractivity contribution < 1.29 is 9.72 Å². The van der Waals surface area contributed by atoms with E-state index in [1.807, 2.05) is 6.29 Å². The summed E-state index contributed by atoms with van der Waals surface area (Å²) in [5.74, 6) is 0. The summed E-state index contributed by atoms with van der Waals surface area (Å²) in [5.41, 5.74) is 0. The van der Waals surface area contributed by atoms with Gasteiger partial charge in [-0.05, 0) is 12.8 Å². The fourth-order valence-electron chi connectivity index (χ4n) is 1.32. The molecule has 0 aliphatic carbocycles. The molecule has 4 nitrogen and oxygen atoms in total. The van der Waals surface area contributed by atoms with Gasteiger partial charge in [0.1, 0.15) is 0 Å². The Hall–Kier alpha value is -0.930. The first-order chi connectivity index (χ1) is 6.77. The largest absolute Gasteiger partial charge is 0.291 e. The molecule has 0 aliphatic heterocycles. The van der Waals surface area contributed by atoms with Gasteiger partial charge in [0.25, 0.3) is 0 Å². The lowest BCUT2D eigenvalue weighted by molar-refractivity contribution is -0.480. The van der Waals surface area contributed by atoms with Crippen molar-refractivity contribution in [1.82, 2.24) is 0 Å².